The van der Waals surface area contributed by atoms with Crippen LogP contribution in [0.5, 0.6) is 0 Å². The van der Waals surface area contributed by atoms with Crippen LogP contribution in [0.15, 0.2) is 4.99 Å². The Labute approximate surface area is 52.4 Å². The van der Waals surface area contributed by atoms with E-state index in [0.717, 1.165) is 0 Å². The van der Waals surface area contributed by atoms with Gasteiger partial charge in [-0.15, -0.1) is 0 Å². The average molecular weight is 137 g/mol. The number of thiocarbonyl (C=S) groups is 1. The van der Waals surface area contributed by atoms with Gasteiger partial charge < -0.3 is 5.73 Å². The second kappa shape index (κ2) is 2.93. The molecule has 0 aromatic heterocycles. The van der Waals surface area contributed by atoms with Gasteiger partial charge in [-0.05, 0) is 30.7 Å². The largest absolute Gasteiger partial charge is 0.387 e. The summed E-state index contributed by atoms with van der Waals surface area (Å²) in [4.78, 5) is 3.47. The van der Waals surface area contributed by atoms with Crippen LogP contribution in [0.3, 0.4) is 0 Å². The van der Waals surface area contributed by atoms with Gasteiger partial charge in [-0.2, -0.15) is 0 Å². The van der Waals surface area contributed by atoms with Gasteiger partial charge in [0, 0.05) is 0 Å². The maximum Gasteiger partial charge on any atom is 0.195 e. The molecule has 0 fully saturated rings. The lowest BCUT2D eigenvalue weighted by Gasteiger charge is -1.82. The van der Waals surface area contributed by atoms with Crippen molar-refractivity contribution < 1.29 is 0 Å². The summed E-state index contributed by atoms with van der Waals surface area (Å²) in [7, 11) is 0. The Bertz CT molecular complexity index is 106. The van der Waals surface area contributed by atoms with Crippen molar-refractivity contribution in [2.24, 2.45) is 10.7 Å². The molecule has 0 unspecified atom stereocenters. The first-order valence-electron chi connectivity index (χ1n) is 1.63. The van der Waals surface area contributed by atoms with Crippen LogP contribution >= 0.6 is 23.8 Å². The molecule has 0 amide bonds. The highest BCUT2D eigenvalue weighted by atomic mass is 35.5. The Morgan fingerprint density at radius 2 is 2.29 bits per heavy atom. The van der Waals surface area contributed by atoms with Gasteiger partial charge in [-0.1, -0.05) is 0 Å². The lowest BCUT2D eigenvalue weighted by Crippen LogP contribution is -2.05. The molecule has 2 N–H and O–H groups in total. The Morgan fingerprint density at radius 3 is 2.29 bits per heavy atom. The number of rotatable bonds is 0. The Kier molecular flexibility index (Phi) is 2.87. The number of aliphatic imine (C=N–C) groups is 1. The molecule has 0 aromatic carbocycles. The smallest absolute Gasteiger partial charge is 0.195 e. The van der Waals surface area contributed by atoms with Gasteiger partial charge in [0.05, 0.1) is 5.84 Å². The maximum absolute atomic E-state index is 5.14. The first kappa shape index (κ1) is 6.85. The third-order valence-electron chi connectivity index (χ3n) is 0.264. The number of halogens is 1. The lowest BCUT2D eigenvalue weighted by molar-refractivity contribution is 1.57. The number of hydrogen-bond donors (Lipinski definition) is 1. The second-order valence-electron chi connectivity index (χ2n) is 1.01. The maximum atomic E-state index is 5.14. The van der Waals surface area contributed by atoms with Gasteiger partial charge >= 0.3 is 0 Å². The zero-order valence-electron chi connectivity index (χ0n) is 3.81. The molecule has 2 nitrogen and oxygen atoms in total. The van der Waals surface area contributed by atoms with E-state index in [1.165, 1.54) is 0 Å². The SMILES string of the molecule is C/C(N)=N/C(=S)Cl. The minimum absolute atomic E-state index is 0.0556. The van der Waals surface area contributed by atoms with Gasteiger partial charge in [0.15, 0.2) is 4.45 Å². The van der Waals surface area contributed by atoms with Crippen molar-refractivity contribution in [1.82, 2.24) is 0 Å². The summed E-state index contributed by atoms with van der Waals surface area (Å²) < 4.78 is 0.0556. The molecule has 0 heterocycles. The monoisotopic (exact) mass is 136 g/mol. The van der Waals surface area contributed by atoms with E-state index in [2.05, 4.69) is 17.2 Å². The predicted octanol–water partition coefficient (Wildman–Crippen LogP) is 0.887. The highest BCUT2D eigenvalue weighted by molar-refractivity contribution is 7.83. The van der Waals surface area contributed by atoms with Crippen LogP contribution in [-0.2, 0) is 0 Å². The molecule has 7 heavy (non-hydrogen) atoms. The van der Waals surface area contributed by atoms with Crippen molar-refractivity contribution in [1.29, 1.82) is 0 Å². The third-order valence-corrected chi connectivity index (χ3v) is 0.440. The molecule has 0 saturated carbocycles. The van der Waals surface area contributed by atoms with E-state index in [9.17, 15) is 0 Å². The van der Waals surface area contributed by atoms with E-state index in [1.807, 2.05) is 0 Å². The first-order chi connectivity index (χ1) is 3.13. The Hall–Kier alpha value is -0.150. The molecule has 0 saturated heterocycles. The van der Waals surface area contributed by atoms with Gasteiger partial charge in [-0.25, -0.2) is 4.99 Å². The summed E-state index contributed by atoms with van der Waals surface area (Å²) >= 11 is 9.51. The van der Waals surface area contributed by atoms with Crippen LogP contribution in [0.4, 0.5) is 0 Å². The van der Waals surface area contributed by atoms with Crippen molar-refractivity contribution in [3.63, 3.8) is 0 Å². The third kappa shape index (κ3) is 5.85. The number of amidine groups is 1. The molecule has 0 aliphatic rings. The van der Waals surface area contributed by atoms with Crippen LogP contribution in [-0.4, -0.2) is 10.3 Å². The topological polar surface area (TPSA) is 38.4 Å². The van der Waals surface area contributed by atoms with Crippen LogP contribution in [0.2, 0.25) is 0 Å². The summed E-state index contributed by atoms with van der Waals surface area (Å²) in [5.41, 5.74) is 5.07. The molecule has 0 aliphatic heterocycles. The minimum atomic E-state index is 0.0556. The fraction of sp³-hybridized carbons (Fsp3) is 0.333. The number of hydrogen-bond acceptors (Lipinski definition) is 1. The van der Waals surface area contributed by atoms with Crippen molar-refractivity contribution in [3.8, 4) is 0 Å². The van der Waals surface area contributed by atoms with Crippen LogP contribution in [0, 0.1) is 0 Å². The molecule has 0 aromatic rings. The fourth-order valence-electron chi connectivity index (χ4n) is 0.139. The minimum Gasteiger partial charge on any atom is -0.387 e. The van der Waals surface area contributed by atoms with E-state index in [0.29, 0.717) is 5.84 Å². The van der Waals surface area contributed by atoms with E-state index < -0.39 is 0 Å². The van der Waals surface area contributed by atoms with Gasteiger partial charge in [0.25, 0.3) is 0 Å². The standard InChI is InChI=1S/C3H5ClN2S/c1-2(5)6-3(4)7/h1H3,(H2,5,6,7). The molecule has 4 heteroatoms. The van der Waals surface area contributed by atoms with E-state index in [-0.39, 0.29) is 4.45 Å². The quantitative estimate of drug-likeness (QED) is 0.177. The van der Waals surface area contributed by atoms with Crippen molar-refractivity contribution >= 4 is 34.1 Å². The highest BCUT2D eigenvalue weighted by Crippen LogP contribution is 1.84. The molecule has 0 radical (unpaired) electrons. The predicted molar refractivity (Wildman–Crippen MR) is 35.7 cm³/mol. The zero-order chi connectivity index (χ0) is 5.86. The van der Waals surface area contributed by atoms with Gasteiger partial charge in [0.1, 0.15) is 0 Å². The summed E-state index contributed by atoms with van der Waals surface area (Å²) in [6.45, 7) is 1.62. The van der Waals surface area contributed by atoms with E-state index in [4.69, 9.17) is 17.3 Å². The molecular formula is C3H5ClN2S. The molecule has 0 atom stereocenters. The van der Waals surface area contributed by atoms with Crippen molar-refractivity contribution in [2.45, 2.75) is 6.92 Å². The summed E-state index contributed by atoms with van der Waals surface area (Å²) in [6, 6.07) is 0. The van der Waals surface area contributed by atoms with Crippen LogP contribution < -0.4 is 5.73 Å². The van der Waals surface area contributed by atoms with Crippen molar-refractivity contribution in [2.75, 3.05) is 0 Å². The van der Waals surface area contributed by atoms with E-state index >= 15 is 0 Å². The molecule has 0 rings (SSSR count). The summed E-state index contributed by atoms with van der Waals surface area (Å²) in [5, 5.41) is 0. The number of nitrogens with zero attached hydrogens (tertiary/aromatic N) is 1. The van der Waals surface area contributed by atoms with Crippen molar-refractivity contribution in [3.05, 3.63) is 0 Å². The van der Waals surface area contributed by atoms with Gasteiger partial charge in [0.2, 0.25) is 0 Å². The Balaban J connectivity index is 3.68. The van der Waals surface area contributed by atoms with Gasteiger partial charge in [-0.3, -0.25) is 0 Å². The van der Waals surface area contributed by atoms with E-state index in [1.54, 1.807) is 6.92 Å². The lowest BCUT2D eigenvalue weighted by atomic mass is 10.7. The Morgan fingerprint density at radius 1 is 1.86 bits per heavy atom. The molecule has 0 aliphatic carbocycles. The zero-order valence-corrected chi connectivity index (χ0v) is 5.38. The van der Waals surface area contributed by atoms with Crippen LogP contribution in [0.1, 0.15) is 6.92 Å². The first-order valence-corrected chi connectivity index (χ1v) is 2.42. The second-order valence-corrected chi connectivity index (χ2v) is 1.97. The number of nitrogens with two attached hydrogens (primary N) is 1. The molecule has 0 spiro atoms. The fourth-order valence-corrected chi connectivity index (χ4v) is 0.416. The molecule has 40 valence electrons. The summed E-state index contributed by atoms with van der Waals surface area (Å²) in [6.07, 6.45) is 0. The molecule has 0 bridgehead atoms. The summed E-state index contributed by atoms with van der Waals surface area (Å²) in [5.74, 6) is 0.389. The molecular weight excluding hydrogens is 132 g/mol. The normalized spacial score (nSPS) is 11.4. The van der Waals surface area contributed by atoms with Crippen LogP contribution in [0.25, 0.3) is 0 Å². The average Bonchev–Trinajstić information content (AvgIpc) is 1.27. The highest BCUT2D eigenvalue weighted by Gasteiger charge is 1.80.